The molecule has 0 bridgehead atoms. The number of carbonyl (C=O) groups excluding carboxylic acids is 1. The normalized spacial score (nSPS) is 14.4. The van der Waals surface area contributed by atoms with Crippen LogP contribution in [-0.2, 0) is 0 Å². The molecule has 0 unspecified atom stereocenters. The Hall–Kier alpha value is -1.79. The number of para-hydroxylation sites is 1. The minimum absolute atomic E-state index is 0.213. The van der Waals surface area contributed by atoms with Gasteiger partial charge in [0.25, 0.3) is 5.91 Å². The van der Waals surface area contributed by atoms with Gasteiger partial charge in [0.1, 0.15) is 0 Å². The quantitative estimate of drug-likeness (QED) is 0.853. The average molecular weight is 361 g/mol. The van der Waals surface area contributed by atoms with Gasteiger partial charge in [0.05, 0.1) is 24.4 Å². The number of benzene rings is 2. The summed E-state index contributed by atoms with van der Waals surface area (Å²) in [5, 5.41) is 2.96. The number of carbonyl (C=O) groups is 1. The summed E-state index contributed by atoms with van der Waals surface area (Å²) in [7, 11) is 3.09. The zero-order chi connectivity index (χ0) is 16.9. The second-order valence-corrected chi connectivity index (χ2v) is 7.92. The van der Waals surface area contributed by atoms with Crippen LogP contribution < -0.4 is 14.8 Å². The number of ether oxygens (including phenoxy) is 2. The fourth-order valence-corrected chi connectivity index (χ4v) is 5.42. The van der Waals surface area contributed by atoms with Gasteiger partial charge in [-0.25, -0.2) is 0 Å². The molecule has 1 N–H and O–H groups in total. The van der Waals surface area contributed by atoms with Gasteiger partial charge < -0.3 is 14.8 Å². The third-order valence-electron chi connectivity index (χ3n) is 3.69. The second kappa shape index (κ2) is 7.85. The number of hydrogen-bond acceptors (Lipinski definition) is 5. The second-order valence-electron chi connectivity index (χ2n) is 5.19. The van der Waals surface area contributed by atoms with Crippen molar-refractivity contribution < 1.29 is 14.3 Å². The van der Waals surface area contributed by atoms with E-state index < -0.39 is 0 Å². The molecule has 1 aliphatic rings. The van der Waals surface area contributed by atoms with Crippen molar-refractivity contribution in [2.45, 2.75) is 4.58 Å². The highest BCUT2D eigenvalue weighted by Gasteiger charge is 2.20. The standard InChI is InChI=1S/C18H19NO3S2/c1-21-15-8-4-7-14(16(15)22-2)17(20)19-13-6-3-5-12(11-13)18-23-9-10-24-18/h3-8,11,18H,9-10H2,1-2H3,(H,19,20). The van der Waals surface area contributed by atoms with E-state index >= 15 is 0 Å². The van der Waals surface area contributed by atoms with Gasteiger partial charge in [0.2, 0.25) is 0 Å². The maximum absolute atomic E-state index is 12.6. The number of amides is 1. The summed E-state index contributed by atoms with van der Waals surface area (Å²) in [5.74, 6) is 3.11. The Kier molecular flexibility index (Phi) is 5.58. The van der Waals surface area contributed by atoms with Gasteiger partial charge in [-0.2, -0.15) is 0 Å². The molecule has 1 saturated heterocycles. The Balaban J connectivity index is 1.81. The van der Waals surface area contributed by atoms with Crippen LogP contribution in [0.5, 0.6) is 11.5 Å². The first kappa shape index (κ1) is 17.0. The monoisotopic (exact) mass is 361 g/mol. The van der Waals surface area contributed by atoms with Crippen LogP contribution in [0.4, 0.5) is 5.69 Å². The fourth-order valence-electron chi connectivity index (χ4n) is 2.58. The minimum atomic E-state index is -0.213. The number of rotatable bonds is 5. The molecule has 0 saturated carbocycles. The molecule has 1 fully saturated rings. The molecule has 1 heterocycles. The predicted molar refractivity (Wildman–Crippen MR) is 102 cm³/mol. The number of hydrogen-bond donors (Lipinski definition) is 1. The molecule has 126 valence electrons. The van der Waals surface area contributed by atoms with E-state index in [0.29, 0.717) is 21.6 Å². The molecule has 6 heteroatoms. The highest BCUT2D eigenvalue weighted by atomic mass is 32.2. The minimum Gasteiger partial charge on any atom is -0.493 e. The van der Waals surface area contributed by atoms with E-state index in [9.17, 15) is 4.79 Å². The molecule has 0 aromatic heterocycles. The molecule has 1 aliphatic heterocycles. The Bertz CT molecular complexity index is 730. The first-order valence-electron chi connectivity index (χ1n) is 7.58. The zero-order valence-corrected chi connectivity index (χ0v) is 15.2. The summed E-state index contributed by atoms with van der Waals surface area (Å²) < 4.78 is 11.0. The lowest BCUT2D eigenvalue weighted by atomic mass is 10.1. The number of nitrogens with one attached hydrogen (secondary N) is 1. The van der Waals surface area contributed by atoms with Crippen LogP contribution in [0.15, 0.2) is 42.5 Å². The van der Waals surface area contributed by atoms with Crippen LogP contribution in [0.1, 0.15) is 20.5 Å². The zero-order valence-electron chi connectivity index (χ0n) is 13.6. The number of anilines is 1. The fraction of sp³-hybridized carbons (Fsp3) is 0.278. The molecule has 3 rings (SSSR count). The third kappa shape index (κ3) is 3.65. The van der Waals surface area contributed by atoms with E-state index in [0.717, 1.165) is 5.69 Å². The first-order chi connectivity index (χ1) is 11.7. The van der Waals surface area contributed by atoms with Crippen LogP contribution in [0.3, 0.4) is 0 Å². The van der Waals surface area contributed by atoms with Crippen LogP contribution in [0.2, 0.25) is 0 Å². The third-order valence-corrected chi connectivity index (χ3v) is 6.79. The Morgan fingerprint density at radius 1 is 1.08 bits per heavy atom. The summed E-state index contributed by atoms with van der Waals surface area (Å²) >= 11 is 3.89. The van der Waals surface area contributed by atoms with Crippen LogP contribution in [0, 0.1) is 0 Å². The van der Waals surface area contributed by atoms with Gasteiger partial charge in [-0.3, -0.25) is 4.79 Å². The topological polar surface area (TPSA) is 47.6 Å². The largest absolute Gasteiger partial charge is 0.493 e. The molecule has 1 amide bonds. The average Bonchev–Trinajstić information content (AvgIpc) is 3.15. The smallest absolute Gasteiger partial charge is 0.259 e. The molecule has 0 radical (unpaired) electrons. The Labute approximate surface area is 150 Å². The van der Waals surface area contributed by atoms with Crippen molar-refractivity contribution in [2.75, 3.05) is 31.0 Å². The van der Waals surface area contributed by atoms with Crippen LogP contribution >= 0.6 is 23.5 Å². The molecule has 2 aromatic carbocycles. The summed E-state index contributed by atoms with van der Waals surface area (Å²) in [6, 6.07) is 13.3. The van der Waals surface area contributed by atoms with Crippen LogP contribution in [-0.4, -0.2) is 31.6 Å². The van der Waals surface area contributed by atoms with Crippen molar-refractivity contribution in [3.05, 3.63) is 53.6 Å². The highest BCUT2D eigenvalue weighted by molar-refractivity contribution is 8.19. The van der Waals surface area contributed by atoms with E-state index in [2.05, 4.69) is 11.4 Å². The molecular weight excluding hydrogens is 342 g/mol. The van der Waals surface area contributed by atoms with Crippen molar-refractivity contribution in [3.8, 4) is 11.5 Å². The van der Waals surface area contributed by atoms with Gasteiger partial charge in [-0.1, -0.05) is 18.2 Å². The molecule has 2 aromatic rings. The SMILES string of the molecule is COc1cccc(C(=O)Nc2cccc(C3SCCS3)c2)c1OC. The summed E-state index contributed by atoms with van der Waals surface area (Å²) in [6.07, 6.45) is 0. The summed E-state index contributed by atoms with van der Waals surface area (Å²) in [6.45, 7) is 0. The summed E-state index contributed by atoms with van der Waals surface area (Å²) in [4.78, 5) is 12.6. The lowest BCUT2D eigenvalue weighted by Gasteiger charge is -2.14. The van der Waals surface area contributed by atoms with Gasteiger partial charge in [0.15, 0.2) is 11.5 Å². The maximum atomic E-state index is 12.6. The number of thioether (sulfide) groups is 2. The molecule has 4 nitrogen and oxygen atoms in total. The van der Waals surface area contributed by atoms with Gasteiger partial charge in [-0.05, 0) is 29.8 Å². The molecule has 0 aliphatic carbocycles. The lowest BCUT2D eigenvalue weighted by molar-refractivity contribution is 0.102. The van der Waals surface area contributed by atoms with Crippen molar-refractivity contribution in [1.82, 2.24) is 0 Å². The van der Waals surface area contributed by atoms with Gasteiger partial charge in [-0.15, -0.1) is 23.5 Å². The van der Waals surface area contributed by atoms with E-state index in [1.807, 2.05) is 41.7 Å². The highest BCUT2D eigenvalue weighted by Crippen LogP contribution is 2.45. The van der Waals surface area contributed by atoms with Crippen molar-refractivity contribution in [3.63, 3.8) is 0 Å². The van der Waals surface area contributed by atoms with E-state index in [1.54, 1.807) is 25.3 Å². The van der Waals surface area contributed by atoms with Crippen molar-refractivity contribution in [1.29, 1.82) is 0 Å². The van der Waals surface area contributed by atoms with Gasteiger partial charge in [0, 0.05) is 17.2 Å². The van der Waals surface area contributed by atoms with E-state index in [1.165, 1.54) is 24.2 Å². The predicted octanol–water partition coefficient (Wildman–Crippen LogP) is 4.43. The molecule has 0 atom stereocenters. The maximum Gasteiger partial charge on any atom is 0.259 e. The molecule has 0 spiro atoms. The molecule has 24 heavy (non-hydrogen) atoms. The molecular formula is C18H19NO3S2. The van der Waals surface area contributed by atoms with Crippen LogP contribution in [0.25, 0.3) is 0 Å². The lowest BCUT2D eigenvalue weighted by Crippen LogP contribution is -2.13. The Morgan fingerprint density at radius 3 is 2.54 bits per heavy atom. The number of methoxy groups -OCH3 is 2. The van der Waals surface area contributed by atoms with Crippen molar-refractivity contribution >= 4 is 35.1 Å². The summed E-state index contributed by atoms with van der Waals surface area (Å²) in [5.41, 5.74) is 2.47. The first-order valence-corrected chi connectivity index (χ1v) is 9.68. The van der Waals surface area contributed by atoms with Crippen molar-refractivity contribution in [2.24, 2.45) is 0 Å². The Morgan fingerprint density at radius 2 is 1.83 bits per heavy atom. The van der Waals surface area contributed by atoms with E-state index in [-0.39, 0.29) is 5.91 Å². The van der Waals surface area contributed by atoms with E-state index in [4.69, 9.17) is 9.47 Å². The van der Waals surface area contributed by atoms with Gasteiger partial charge >= 0.3 is 0 Å².